The second-order valence-corrected chi connectivity index (χ2v) is 5.21. The van der Waals surface area contributed by atoms with Crippen LogP contribution >= 0.6 is 23.2 Å². The van der Waals surface area contributed by atoms with Gasteiger partial charge in [0, 0.05) is 26.2 Å². The number of benzene rings is 1. The molecule has 1 heterocycles. The maximum Gasteiger partial charge on any atom is 0.359 e. The van der Waals surface area contributed by atoms with Gasteiger partial charge in [-0.1, -0.05) is 23.2 Å². The molecule has 0 radical (unpaired) electrons. The van der Waals surface area contributed by atoms with Crippen LogP contribution in [0.15, 0.2) is 27.8 Å². The third-order valence-corrected chi connectivity index (χ3v) is 3.27. The molecule has 1 aromatic carbocycles. The molecule has 0 atom stereocenters. The summed E-state index contributed by atoms with van der Waals surface area (Å²) < 4.78 is 2.15. The first kappa shape index (κ1) is 14.6. The third-order valence-electron chi connectivity index (χ3n) is 2.71. The Morgan fingerprint density at radius 1 is 1.20 bits per heavy atom. The zero-order valence-corrected chi connectivity index (χ0v) is 12.6. The van der Waals surface area contributed by atoms with Gasteiger partial charge in [-0.15, -0.1) is 0 Å². The summed E-state index contributed by atoms with van der Waals surface area (Å²) in [6.07, 6.45) is 0. The van der Waals surface area contributed by atoms with E-state index in [-0.39, 0.29) is 16.7 Å². The Hall–Kier alpha value is -1.79. The lowest BCUT2D eigenvalue weighted by Crippen LogP contribution is -2.42. The molecule has 0 fully saturated rings. The lowest BCUT2D eigenvalue weighted by Gasteiger charge is -2.16. The molecule has 1 aromatic heterocycles. The number of hydrogen-bond donors (Lipinski definition) is 0. The van der Waals surface area contributed by atoms with E-state index in [1.54, 1.807) is 25.1 Å². The van der Waals surface area contributed by atoms with Gasteiger partial charge in [0.15, 0.2) is 0 Å². The van der Waals surface area contributed by atoms with Crippen LogP contribution in [0.2, 0.25) is 10.0 Å². The van der Waals surface area contributed by atoms with Gasteiger partial charge in [-0.05, 0) is 18.2 Å². The number of rotatable bonds is 2. The fourth-order valence-electron chi connectivity index (χ4n) is 1.79. The monoisotopic (exact) mass is 314 g/mol. The zero-order valence-electron chi connectivity index (χ0n) is 11.1. The first-order valence-electron chi connectivity index (χ1n) is 5.65. The highest BCUT2D eigenvalue weighted by molar-refractivity contribution is 6.34. The van der Waals surface area contributed by atoms with Crippen molar-refractivity contribution < 1.29 is 0 Å². The summed E-state index contributed by atoms with van der Waals surface area (Å²) in [4.78, 5) is 29.9. The molecule has 0 aliphatic rings. The molecule has 0 saturated heterocycles. The van der Waals surface area contributed by atoms with E-state index in [1.807, 2.05) is 0 Å². The Labute approximate surface area is 124 Å². The first-order valence-corrected chi connectivity index (χ1v) is 6.41. The summed E-state index contributed by atoms with van der Waals surface area (Å²) in [7, 11) is 4.91. The van der Waals surface area contributed by atoms with Gasteiger partial charge in [-0.3, -0.25) is 4.57 Å². The van der Waals surface area contributed by atoms with Gasteiger partial charge in [-0.25, -0.2) is 14.2 Å². The highest BCUT2D eigenvalue weighted by Gasteiger charge is 2.15. The largest absolute Gasteiger partial charge is 0.359 e. The molecular formula is C12H12Cl2N4O2. The Morgan fingerprint density at radius 2 is 1.85 bits per heavy atom. The summed E-state index contributed by atoms with van der Waals surface area (Å²) >= 11 is 11.9. The molecule has 0 unspecified atom stereocenters. The van der Waals surface area contributed by atoms with Gasteiger partial charge >= 0.3 is 11.4 Å². The maximum atomic E-state index is 12.3. The van der Waals surface area contributed by atoms with E-state index >= 15 is 0 Å². The fourth-order valence-corrected chi connectivity index (χ4v) is 2.16. The van der Waals surface area contributed by atoms with Gasteiger partial charge in [0.1, 0.15) is 0 Å². The highest BCUT2D eigenvalue weighted by Crippen LogP contribution is 2.22. The van der Waals surface area contributed by atoms with Crippen LogP contribution in [0.25, 0.3) is 5.69 Å². The van der Waals surface area contributed by atoms with Crippen LogP contribution in [0.1, 0.15) is 0 Å². The smallest absolute Gasteiger partial charge is 0.348 e. The summed E-state index contributed by atoms with van der Waals surface area (Å²) in [5, 5.41) is 0.614. The Bertz CT molecular complexity index is 780. The summed E-state index contributed by atoms with van der Waals surface area (Å²) in [5.74, 6) is 0.259. The molecule has 0 saturated carbocycles. The minimum atomic E-state index is -0.707. The van der Waals surface area contributed by atoms with Crippen molar-refractivity contribution in [2.45, 2.75) is 0 Å². The molecule has 0 amide bonds. The third kappa shape index (κ3) is 2.44. The van der Waals surface area contributed by atoms with E-state index in [2.05, 4.69) is 4.98 Å². The predicted molar refractivity (Wildman–Crippen MR) is 79.4 cm³/mol. The molecule has 8 heteroatoms. The van der Waals surface area contributed by atoms with Crippen molar-refractivity contribution in [1.29, 1.82) is 0 Å². The van der Waals surface area contributed by atoms with Crippen LogP contribution in [-0.2, 0) is 7.05 Å². The van der Waals surface area contributed by atoms with E-state index in [0.29, 0.717) is 5.02 Å². The minimum Gasteiger partial charge on any atom is -0.348 e. The molecule has 0 aliphatic carbocycles. The second kappa shape index (κ2) is 5.30. The van der Waals surface area contributed by atoms with Crippen molar-refractivity contribution >= 4 is 29.2 Å². The van der Waals surface area contributed by atoms with Crippen molar-refractivity contribution in [2.75, 3.05) is 19.0 Å². The Kier molecular flexibility index (Phi) is 3.87. The highest BCUT2D eigenvalue weighted by atomic mass is 35.5. The number of halogens is 2. The first-order chi connectivity index (χ1) is 9.32. The second-order valence-electron chi connectivity index (χ2n) is 4.36. The van der Waals surface area contributed by atoms with Gasteiger partial charge < -0.3 is 4.90 Å². The van der Waals surface area contributed by atoms with Crippen LogP contribution in [0.3, 0.4) is 0 Å². The van der Waals surface area contributed by atoms with Gasteiger partial charge in [0.05, 0.1) is 10.7 Å². The van der Waals surface area contributed by atoms with Crippen LogP contribution < -0.4 is 16.3 Å². The van der Waals surface area contributed by atoms with E-state index in [4.69, 9.17) is 23.2 Å². The molecule has 0 N–H and O–H groups in total. The SMILES string of the molecule is CN(C)c1nc(=O)n(-c2cc(Cl)ccc2Cl)c(=O)n1C. The molecule has 2 aromatic rings. The van der Waals surface area contributed by atoms with Crippen molar-refractivity contribution in [3.8, 4) is 5.69 Å². The number of anilines is 1. The topological polar surface area (TPSA) is 60.1 Å². The Balaban J connectivity index is 2.83. The van der Waals surface area contributed by atoms with Crippen molar-refractivity contribution in [1.82, 2.24) is 14.1 Å². The van der Waals surface area contributed by atoms with Crippen LogP contribution in [-0.4, -0.2) is 28.2 Å². The molecule has 2 rings (SSSR count). The standard InChI is InChI=1S/C12H12Cl2N4O2/c1-16(2)10-15-11(19)18(12(20)17(10)3)9-6-7(13)4-5-8(9)14/h4-6H,1-3H3. The summed E-state index contributed by atoms with van der Waals surface area (Å²) in [6.45, 7) is 0. The Morgan fingerprint density at radius 3 is 2.45 bits per heavy atom. The van der Waals surface area contributed by atoms with Crippen molar-refractivity contribution in [3.05, 3.63) is 49.2 Å². The number of hydrogen-bond acceptors (Lipinski definition) is 4. The van der Waals surface area contributed by atoms with Crippen LogP contribution in [0, 0.1) is 0 Å². The van der Waals surface area contributed by atoms with Crippen molar-refractivity contribution in [3.63, 3.8) is 0 Å². The number of aromatic nitrogens is 3. The van der Waals surface area contributed by atoms with E-state index in [9.17, 15) is 9.59 Å². The van der Waals surface area contributed by atoms with Gasteiger partial charge in [-0.2, -0.15) is 4.98 Å². The molecule has 0 spiro atoms. The fraction of sp³-hybridized carbons (Fsp3) is 0.250. The quantitative estimate of drug-likeness (QED) is 0.838. The van der Waals surface area contributed by atoms with E-state index in [1.165, 1.54) is 23.7 Å². The molecule has 0 bridgehead atoms. The number of nitrogens with zero attached hydrogens (tertiary/aromatic N) is 4. The zero-order chi connectivity index (χ0) is 15.0. The van der Waals surface area contributed by atoms with E-state index in [0.717, 1.165) is 4.57 Å². The molecular weight excluding hydrogens is 303 g/mol. The average molecular weight is 315 g/mol. The predicted octanol–water partition coefficient (Wildman–Crippen LogP) is 1.30. The molecule has 20 heavy (non-hydrogen) atoms. The lowest BCUT2D eigenvalue weighted by atomic mass is 10.3. The van der Waals surface area contributed by atoms with E-state index < -0.39 is 11.4 Å². The van der Waals surface area contributed by atoms with Gasteiger partial charge in [0.25, 0.3) is 0 Å². The summed E-state index contributed by atoms with van der Waals surface area (Å²) in [5.41, 5.74) is -1.04. The normalized spacial score (nSPS) is 10.7. The van der Waals surface area contributed by atoms with Crippen LogP contribution in [0.5, 0.6) is 0 Å². The van der Waals surface area contributed by atoms with Crippen LogP contribution in [0.4, 0.5) is 5.95 Å². The lowest BCUT2D eigenvalue weighted by molar-refractivity contribution is 0.683. The molecule has 0 aliphatic heterocycles. The summed E-state index contributed by atoms with van der Waals surface area (Å²) in [6, 6.07) is 4.54. The molecule has 106 valence electrons. The molecule has 6 nitrogen and oxygen atoms in total. The van der Waals surface area contributed by atoms with Crippen molar-refractivity contribution in [2.24, 2.45) is 7.05 Å². The average Bonchev–Trinajstić information content (AvgIpc) is 2.37. The minimum absolute atomic E-state index is 0.211. The maximum absolute atomic E-state index is 12.3. The van der Waals surface area contributed by atoms with Gasteiger partial charge in [0.2, 0.25) is 5.95 Å².